The first-order valence-corrected chi connectivity index (χ1v) is 22.2. The van der Waals surface area contributed by atoms with Crippen molar-refractivity contribution in [1.82, 2.24) is 30.3 Å². The molecule has 9 rings (SSSR count). The van der Waals surface area contributed by atoms with Crippen molar-refractivity contribution in [3.63, 3.8) is 0 Å². The van der Waals surface area contributed by atoms with Crippen LogP contribution >= 0.6 is 22.9 Å². The van der Waals surface area contributed by atoms with Gasteiger partial charge in [0.25, 0.3) is 5.91 Å². The van der Waals surface area contributed by atoms with Gasteiger partial charge < -0.3 is 15.0 Å². The van der Waals surface area contributed by atoms with E-state index in [0.29, 0.717) is 27.4 Å². The number of halogens is 1. The van der Waals surface area contributed by atoms with Gasteiger partial charge in [0, 0.05) is 41.2 Å². The summed E-state index contributed by atoms with van der Waals surface area (Å²) in [6.07, 6.45) is 10.5. The molecular weight excluding hydrogens is 778 g/mol. The number of nitrogens with one attached hydrogen (secondary N) is 1. The number of amides is 1. The molecule has 1 saturated heterocycles. The Morgan fingerprint density at radius 2 is 1.81 bits per heavy atom. The van der Waals surface area contributed by atoms with Crippen LogP contribution in [0.25, 0.3) is 5.00 Å². The van der Waals surface area contributed by atoms with Gasteiger partial charge in [0.05, 0.1) is 22.4 Å². The molecule has 304 valence electrons. The van der Waals surface area contributed by atoms with Crippen molar-refractivity contribution in [2.75, 3.05) is 18.0 Å². The predicted molar refractivity (Wildman–Crippen MR) is 231 cm³/mol. The molecule has 3 aromatic heterocycles. The molecule has 11 nitrogen and oxygen atoms in total. The molecule has 2 saturated carbocycles. The number of carbonyl (C=O) groups is 1. The van der Waals surface area contributed by atoms with Crippen molar-refractivity contribution in [2.45, 2.75) is 110 Å². The van der Waals surface area contributed by atoms with Crippen LogP contribution in [0, 0.1) is 43.4 Å². The molecule has 2 aliphatic carbocycles. The minimum atomic E-state index is -0.185. The van der Waals surface area contributed by atoms with Crippen LogP contribution in [0.4, 0.5) is 5.82 Å². The van der Waals surface area contributed by atoms with Crippen LogP contribution in [-0.2, 0) is 6.42 Å². The summed E-state index contributed by atoms with van der Waals surface area (Å²) in [7, 11) is 0. The molecule has 1 atom stereocenters. The summed E-state index contributed by atoms with van der Waals surface area (Å²) >= 11 is 7.97. The number of fused-ring (bicyclic) bond motifs is 3. The van der Waals surface area contributed by atoms with Crippen LogP contribution in [0.3, 0.4) is 0 Å². The summed E-state index contributed by atoms with van der Waals surface area (Å²) in [5.74, 6) is 3.86. The molecule has 2 aliphatic heterocycles. The third-order valence-corrected chi connectivity index (χ3v) is 14.6. The summed E-state index contributed by atoms with van der Waals surface area (Å²) in [6.45, 7) is 10.5. The third-order valence-electron chi connectivity index (χ3n) is 13.1. The first-order chi connectivity index (χ1) is 28.6. The average Bonchev–Trinajstić information content (AvgIpc) is 3.72. The van der Waals surface area contributed by atoms with E-state index in [0.717, 1.165) is 86.3 Å². The van der Waals surface area contributed by atoms with Gasteiger partial charge in [-0.15, -0.1) is 31.7 Å². The fraction of sp³-hybridized carbons (Fsp3) is 0.457. The summed E-state index contributed by atoms with van der Waals surface area (Å²) in [5.41, 5.74) is 7.17. The molecule has 1 amide bonds. The molecule has 5 heterocycles. The summed E-state index contributed by atoms with van der Waals surface area (Å²) < 4.78 is 8.31. The zero-order valence-electron chi connectivity index (χ0n) is 34.2. The topological polar surface area (TPSA) is 134 Å². The molecule has 4 aliphatic rings. The zero-order chi connectivity index (χ0) is 40.8. The second kappa shape index (κ2) is 16.1. The molecular formula is C46H50ClN9O2S. The smallest absolute Gasteiger partial charge is 0.272 e. The predicted octanol–water partition coefficient (Wildman–Crippen LogP) is 9.23. The highest BCUT2D eigenvalue weighted by atomic mass is 35.5. The van der Waals surface area contributed by atoms with Gasteiger partial charge in [0.1, 0.15) is 28.7 Å². The number of thiophene rings is 1. The van der Waals surface area contributed by atoms with Crippen LogP contribution in [0.1, 0.15) is 126 Å². The number of aryl methyl sites for hydroxylation is 3. The first kappa shape index (κ1) is 39.3. The Labute approximate surface area is 354 Å². The Kier molecular flexibility index (Phi) is 10.8. The van der Waals surface area contributed by atoms with Gasteiger partial charge in [-0.05, 0) is 139 Å². The van der Waals surface area contributed by atoms with Gasteiger partial charge in [0.2, 0.25) is 0 Å². The lowest BCUT2D eigenvalue weighted by atomic mass is 9.57. The van der Waals surface area contributed by atoms with Crippen molar-refractivity contribution in [1.29, 1.82) is 5.26 Å². The number of hydrogen-bond acceptors (Lipinski definition) is 10. The maximum atomic E-state index is 13.1. The second-order valence-corrected chi connectivity index (χ2v) is 18.8. The molecule has 0 unspecified atom stereocenters. The number of ether oxygens (including phenoxy) is 1. The summed E-state index contributed by atoms with van der Waals surface area (Å²) in [6, 6.07) is 20.1. The number of nitrogens with zero attached hydrogens (tertiary/aromatic N) is 8. The van der Waals surface area contributed by atoms with E-state index in [1.165, 1.54) is 52.3 Å². The van der Waals surface area contributed by atoms with E-state index in [-0.39, 0.29) is 24.1 Å². The molecule has 2 aromatic carbocycles. The number of anilines is 1. The van der Waals surface area contributed by atoms with Crippen LogP contribution in [0.5, 0.6) is 5.75 Å². The van der Waals surface area contributed by atoms with Gasteiger partial charge >= 0.3 is 0 Å². The second-order valence-electron chi connectivity index (χ2n) is 17.2. The number of nitriles is 1. The SMILES string of the molecule is Cc1sc2c(c1C)C(c1ccc(CCC3CC4(CCCN(c5ccc(C(=O)NC6CCC(Oc7ccc(C#N)c(Cl)c7)CC6)nn5)C4)C3)cc1)=N[C@@H](C)c1nnc(C)n1-2. The van der Waals surface area contributed by atoms with E-state index < -0.39 is 0 Å². The van der Waals surface area contributed by atoms with Gasteiger partial charge in [-0.3, -0.25) is 14.4 Å². The Bertz CT molecular complexity index is 2440. The van der Waals surface area contributed by atoms with Crippen molar-refractivity contribution in [2.24, 2.45) is 16.3 Å². The van der Waals surface area contributed by atoms with E-state index in [9.17, 15) is 4.79 Å². The van der Waals surface area contributed by atoms with E-state index >= 15 is 0 Å². The fourth-order valence-corrected chi connectivity index (χ4v) is 11.3. The van der Waals surface area contributed by atoms with Crippen LogP contribution in [0.2, 0.25) is 5.02 Å². The highest BCUT2D eigenvalue weighted by Gasteiger charge is 2.46. The largest absolute Gasteiger partial charge is 0.490 e. The minimum absolute atomic E-state index is 0.0421. The van der Waals surface area contributed by atoms with Crippen molar-refractivity contribution in [3.05, 3.63) is 110 Å². The Balaban J connectivity index is 0.747. The lowest BCUT2D eigenvalue weighted by molar-refractivity contribution is 0.0335. The van der Waals surface area contributed by atoms with Gasteiger partial charge in [0.15, 0.2) is 17.3 Å². The monoisotopic (exact) mass is 827 g/mol. The molecule has 5 aromatic rings. The van der Waals surface area contributed by atoms with Crippen molar-refractivity contribution in [3.8, 4) is 16.8 Å². The maximum Gasteiger partial charge on any atom is 0.272 e. The van der Waals surface area contributed by atoms with Gasteiger partial charge in [-0.25, -0.2) is 0 Å². The highest BCUT2D eigenvalue weighted by molar-refractivity contribution is 7.15. The molecule has 0 radical (unpaired) electrons. The zero-order valence-corrected chi connectivity index (χ0v) is 35.7. The molecule has 0 bridgehead atoms. The normalized spacial score (nSPS) is 23.7. The van der Waals surface area contributed by atoms with E-state index in [1.807, 2.05) is 19.1 Å². The number of aliphatic imine (C=N–C) groups is 1. The van der Waals surface area contributed by atoms with Crippen molar-refractivity contribution < 1.29 is 9.53 Å². The van der Waals surface area contributed by atoms with E-state index in [1.54, 1.807) is 29.5 Å². The molecule has 1 spiro atoms. The maximum absolute atomic E-state index is 13.1. The number of carbonyl (C=O) groups excluding carboxylic acids is 1. The van der Waals surface area contributed by atoms with Crippen LogP contribution in [-0.4, -0.2) is 61.8 Å². The quantitative estimate of drug-likeness (QED) is 0.156. The molecule has 13 heteroatoms. The molecule has 1 N–H and O–H groups in total. The lowest BCUT2D eigenvalue weighted by Crippen LogP contribution is -2.50. The number of benzene rings is 2. The van der Waals surface area contributed by atoms with Gasteiger partial charge in [-0.2, -0.15) is 5.26 Å². The fourth-order valence-electron chi connectivity index (χ4n) is 9.84. The molecule has 59 heavy (non-hydrogen) atoms. The average molecular weight is 828 g/mol. The standard InChI is InChI=1S/C46H50ClN9O2S/c1-27-29(3)59-45-41(27)42(49-28(2)43-54-51-30(4)56(43)45)33-10-8-31(9-11-33)6-7-32-23-46(24-32)20-5-21-55(26-46)40-19-18-39(52-53-40)44(57)50-35-13-16-36(17-14-35)58-37-15-12-34(25-48)38(47)22-37/h8-12,15,18-19,22,28,32,35-36H,5-7,13-14,16-17,20-21,23-24,26H2,1-4H3,(H,50,57)/t28-,32?,35?,36?,46?/m0/s1. The first-order valence-electron chi connectivity index (χ1n) is 21.0. The van der Waals surface area contributed by atoms with Crippen LogP contribution in [0.15, 0.2) is 59.6 Å². The Morgan fingerprint density at radius 1 is 1.02 bits per heavy atom. The van der Waals surface area contributed by atoms with E-state index in [2.05, 4.69) is 86.3 Å². The van der Waals surface area contributed by atoms with Crippen LogP contribution < -0.4 is 15.0 Å². The molecule has 3 fully saturated rings. The summed E-state index contributed by atoms with van der Waals surface area (Å²) in [5, 5.41) is 31.6. The number of aromatic nitrogens is 5. The minimum Gasteiger partial charge on any atom is -0.490 e. The number of hydrogen-bond donors (Lipinski definition) is 1. The lowest BCUT2D eigenvalue weighted by Gasteiger charge is -2.53. The Hall–Kier alpha value is -5.12. The van der Waals surface area contributed by atoms with Gasteiger partial charge in [-0.1, -0.05) is 35.9 Å². The van der Waals surface area contributed by atoms with Crippen molar-refractivity contribution >= 4 is 40.4 Å². The third kappa shape index (κ3) is 7.87. The Morgan fingerprint density at radius 3 is 2.54 bits per heavy atom. The summed E-state index contributed by atoms with van der Waals surface area (Å²) in [4.78, 5) is 22.0. The number of rotatable bonds is 9. The highest BCUT2D eigenvalue weighted by Crippen LogP contribution is 2.53. The number of piperidine rings is 1. The van der Waals surface area contributed by atoms with E-state index in [4.69, 9.17) is 26.6 Å².